The first-order valence-electron chi connectivity index (χ1n) is 7.06. The molecule has 0 aliphatic heterocycles. The van der Waals surface area contributed by atoms with Crippen molar-refractivity contribution >= 4 is 33.2 Å². The van der Waals surface area contributed by atoms with Crippen molar-refractivity contribution < 1.29 is 8.42 Å². The topological polar surface area (TPSA) is 72.2 Å². The van der Waals surface area contributed by atoms with E-state index in [4.69, 9.17) is 28.9 Å². The molecule has 7 heteroatoms. The van der Waals surface area contributed by atoms with E-state index in [9.17, 15) is 8.42 Å². The summed E-state index contributed by atoms with van der Waals surface area (Å²) in [6.45, 7) is 0.220. The van der Waals surface area contributed by atoms with Crippen LogP contribution in [0.5, 0.6) is 0 Å². The smallest absolute Gasteiger partial charge is 0.242 e. The molecule has 1 fully saturated rings. The highest BCUT2D eigenvalue weighted by Crippen LogP contribution is 2.27. The number of nitrogens with two attached hydrogens (primary N) is 1. The lowest BCUT2D eigenvalue weighted by atomic mass is 9.92. The molecule has 0 bridgehead atoms. The van der Waals surface area contributed by atoms with Gasteiger partial charge in [0, 0.05) is 17.1 Å². The molecule has 1 aliphatic carbocycles. The molecule has 1 aromatic carbocycles. The van der Waals surface area contributed by atoms with E-state index in [1.165, 1.54) is 12.1 Å². The van der Waals surface area contributed by atoms with Crippen molar-refractivity contribution in [2.24, 2.45) is 5.73 Å². The average molecular weight is 351 g/mol. The lowest BCUT2D eigenvalue weighted by molar-refractivity contribution is 0.369. The molecule has 0 spiro atoms. The van der Waals surface area contributed by atoms with Crippen LogP contribution in [0.15, 0.2) is 23.1 Å². The Balaban J connectivity index is 2.12. The van der Waals surface area contributed by atoms with Crippen LogP contribution < -0.4 is 10.5 Å². The normalized spacial score (nSPS) is 19.2. The van der Waals surface area contributed by atoms with Crippen LogP contribution >= 0.6 is 23.2 Å². The molecular weight excluding hydrogens is 331 g/mol. The summed E-state index contributed by atoms with van der Waals surface area (Å²) in [6, 6.07) is 4.38. The van der Waals surface area contributed by atoms with Crippen molar-refractivity contribution in [1.82, 2.24) is 4.72 Å². The Hall–Kier alpha value is -0.330. The van der Waals surface area contributed by atoms with Gasteiger partial charge in [0.25, 0.3) is 0 Å². The fourth-order valence-electron chi connectivity index (χ4n) is 2.61. The number of benzene rings is 1. The SMILES string of the molecule is NC1(CNS(=O)(=O)c2cc(Cl)ccc2Cl)CCCCCC1. The number of sulfonamides is 1. The fourth-order valence-corrected chi connectivity index (χ4v) is 4.51. The highest BCUT2D eigenvalue weighted by molar-refractivity contribution is 7.89. The van der Waals surface area contributed by atoms with Crippen LogP contribution in [-0.2, 0) is 10.0 Å². The first-order chi connectivity index (χ1) is 9.82. The van der Waals surface area contributed by atoms with Crippen molar-refractivity contribution in [2.75, 3.05) is 6.54 Å². The molecule has 0 aromatic heterocycles. The molecular formula is C14H20Cl2N2O2S. The molecule has 21 heavy (non-hydrogen) atoms. The third-order valence-electron chi connectivity index (χ3n) is 3.90. The second kappa shape index (κ2) is 6.84. The van der Waals surface area contributed by atoms with Crippen molar-refractivity contribution in [2.45, 2.75) is 49.0 Å². The quantitative estimate of drug-likeness (QED) is 0.818. The van der Waals surface area contributed by atoms with E-state index in [2.05, 4.69) is 4.72 Å². The van der Waals surface area contributed by atoms with Gasteiger partial charge in [-0.05, 0) is 31.0 Å². The molecule has 1 aliphatic rings. The average Bonchev–Trinajstić information content (AvgIpc) is 2.65. The third-order valence-corrected chi connectivity index (χ3v) is 6.01. The van der Waals surface area contributed by atoms with E-state index in [1.54, 1.807) is 6.07 Å². The van der Waals surface area contributed by atoms with Gasteiger partial charge in [-0.2, -0.15) is 0 Å². The minimum absolute atomic E-state index is 0.00566. The van der Waals surface area contributed by atoms with E-state index >= 15 is 0 Å². The van der Waals surface area contributed by atoms with Crippen molar-refractivity contribution in [3.05, 3.63) is 28.2 Å². The zero-order valence-corrected chi connectivity index (χ0v) is 14.1. The first kappa shape index (κ1) is 17.0. The maximum atomic E-state index is 12.4. The largest absolute Gasteiger partial charge is 0.324 e. The minimum Gasteiger partial charge on any atom is -0.324 e. The molecule has 3 N–H and O–H groups in total. The Bertz CT molecular complexity index is 597. The maximum absolute atomic E-state index is 12.4. The second-order valence-corrected chi connectivity index (χ2v) is 8.25. The summed E-state index contributed by atoms with van der Waals surface area (Å²) in [4.78, 5) is -0.00566. The summed E-state index contributed by atoms with van der Waals surface area (Å²) in [5.74, 6) is 0. The predicted molar refractivity (Wildman–Crippen MR) is 86.3 cm³/mol. The molecule has 0 heterocycles. The number of hydrogen-bond acceptors (Lipinski definition) is 3. The first-order valence-corrected chi connectivity index (χ1v) is 9.30. The Kier molecular flexibility index (Phi) is 5.54. The van der Waals surface area contributed by atoms with Crippen LogP contribution in [-0.4, -0.2) is 20.5 Å². The Morgan fingerprint density at radius 1 is 1.14 bits per heavy atom. The number of rotatable bonds is 4. The van der Waals surface area contributed by atoms with Crippen LogP contribution in [0.3, 0.4) is 0 Å². The van der Waals surface area contributed by atoms with E-state index in [0.717, 1.165) is 38.5 Å². The van der Waals surface area contributed by atoms with Crippen molar-refractivity contribution in [3.63, 3.8) is 0 Å². The van der Waals surface area contributed by atoms with E-state index in [0.29, 0.717) is 5.02 Å². The van der Waals surface area contributed by atoms with E-state index < -0.39 is 15.6 Å². The predicted octanol–water partition coefficient (Wildman–Crippen LogP) is 3.32. The van der Waals surface area contributed by atoms with Gasteiger partial charge in [-0.15, -0.1) is 0 Å². The fraction of sp³-hybridized carbons (Fsp3) is 0.571. The number of halogens is 2. The van der Waals surface area contributed by atoms with Gasteiger partial charge in [-0.25, -0.2) is 13.1 Å². The summed E-state index contributed by atoms with van der Waals surface area (Å²) in [5, 5.41) is 0.482. The molecule has 0 amide bonds. The zero-order chi connectivity index (χ0) is 15.5. The second-order valence-electron chi connectivity index (χ2n) is 5.68. The number of hydrogen-bond donors (Lipinski definition) is 2. The molecule has 0 saturated heterocycles. The molecule has 1 aromatic rings. The molecule has 0 radical (unpaired) electrons. The van der Waals surface area contributed by atoms with E-state index in [1.807, 2.05) is 0 Å². The maximum Gasteiger partial charge on any atom is 0.242 e. The highest BCUT2D eigenvalue weighted by Gasteiger charge is 2.29. The molecule has 2 rings (SSSR count). The van der Waals surface area contributed by atoms with Crippen molar-refractivity contribution in [1.29, 1.82) is 0 Å². The van der Waals surface area contributed by atoms with Gasteiger partial charge in [0.15, 0.2) is 0 Å². The van der Waals surface area contributed by atoms with Gasteiger partial charge >= 0.3 is 0 Å². The van der Waals surface area contributed by atoms with Gasteiger partial charge < -0.3 is 5.73 Å². The third kappa shape index (κ3) is 4.57. The molecule has 4 nitrogen and oxygen atoms in total. The molecule has 0 atom stereocenters. The minimum atomic E-state index is -3.71. The van der Waals surface area contributed by atoms with Crippen molar-refractivity contribution in [3.8, 4) is 0 Å². The van der Waals surface area contributed by atoms with Gasteiger partial charge in [0.05, 0.1) is 5.02 Å². The van der Waals surface area contributed by atoms with Crippen LogP contribution in [0.2, 0.25) is 10.0 Å². The van der Waals surface area contributed by atoms with Gasteiger partial charge in [-0.3, -0.25) is 0 Å². The Morgan fingerprint density at radius 3 is 2.38 bits per heavy atom. The molecule has 0 unspecified atom stereocenters. The lowest BCUT2D eigenvalue weighted by Crippen LogP contribution is -2.49. The highest BCUT2D eigenvalue weighted by atomic mass is 35.5. The Labute approximate surface area is 136 Å². The van der Waals surface area contributed by atoms with Crippen LogP contribution in [0, 0.1) is 0 Å². The monoisotopic (exact) mass is 350 g/mol. The van der Waals surface area contributed by atoms with E-state index in [-0.39, 0.29) is 16.5 Å². The van der Waals surface area contributed by atoms with Gasteiger partial charge in [0.1, 0.15) is 4.90 Å². The van der Waals surface area contributed by atoms with Gasteiger partial charge in [0.2, 0.25) is 10.0 Å². The Morgan fingerprint density at radius 2 is 1.76 bits per heavy atom. The summed E-state index contributed by atoms with van der Waals surface area (Å²) in [6.07, 6.45) is 6.06. The molecule has 118 valence electrons. The summed E-state index contributed by atoms with van der Waals surface area (Å²) in [7, 11) is -3.71. The summed E-state index contributed by atoms with van der Waals surface area (Å²) in [5.41, 5.74) is 5.85. The zero-order valence-electron chi connectivity index (χ0n) is 11.7. The van der Waals surface area contributed by atoms with Gasteiger partial charge in [-0.1, -0.05) is 48.9 Å². The standard InChI is InChI=1S/C14H20Cl2N2O2S/c15-11-5-6-12(16)13(9-11)21(19,20)18-10-14(17)7-3-1-2-4-8-14/h5-6,9,18H,1-4,7-8,10,17H2. The van der Waals surface area contributed by atoms with Crippen LogP contribution in [0.1, 0.15) is 38.5 Å². The van der Waals surface area contributed by atoms with Crippen LogP contribution in [0.4, 0.5) is 0 Å². The van der Waals surface area contributed by atoms with Crippen LogP contribution in [0.25, 0.3) is 0 Å². The lowest BCUT2D eigenvalue weighted by Gasteiger charge is -2.28. The summed E-state index contributed by atoms with van der Waals surface area (Å²) < 4.78 is 27.3. The molecule has 1 saturated carbocycles. The summed E-state index contributed by atoms with van der Waals surface area (Å²) >= 11 is 11.8. The number of nitrogens with one attached hydrogen (secondary N) is 1.